The zero-order valence-electron chi connectivity index (χ0n) is 74.1. The minimum atomic E-state index is -1.72. The molecule has 0 radical (unpaired) electrons. The number of aliphatic hydroxyl groups excluding tert-OH is 2. The van der Waals surface area contributed by atoms with Gasteiger partial charge >= 0.3 is 12.1 Å². The van der Waals surface area contributed by atoms with E-state index in [0.29, 0.717) is 23.3 Å². The van der Waals surface area contributed by atoms with Gasteiger partial charge in [0.1, 0.15) is 67.0 Å². The van der Waals surface area contributed by atoms with Crippen LogP contribution in [0.25, 0.3) is 11.1 Å². The van der Waals surface area contributed by atoms with Crippen molar-refractivity contribution >= 4 is 106 Å². The summed E-state index contributed by atoms with van der Waals surface area (Å²) < 4.78 is 5.84. The summed E-state index contributed by atoms with van der Waals surface area (Å²) >= 11 is 1.25. The molecule has 39 heteroatoms. The number of hydrogen-bond acceptors (Lipinski definition) is 20. The van der Waals surface area contributed by atoms with E-state index in [9.17, 15) is 48.9 Å². The van der Waals surface area contributed by atoms with Crippen LogP contribution in [0.15, 0.2) is 151 Å². The van der Waals surface area contributed by atoms with E-state index in [1.54, 1.807) is 35.7 Å². The van der Waals surface area contributed by atoms with Crippen LogP contribution in [0, 0.1) is 28.1 Å². The molecule has 6 aromatic rings. The number of aliphatic hydroxyl groups is 2. The second-order valence-electron chi connectivity index (χ2n) is 34.7. The second-order valence-corrected chi connectivity index (χ2v) is 35.7. The van der Waals surface area contributed by atoms with Gasteiger partial charge in [0, 0.05) is 87.8 Å². The number of benzene rings is 5. The molecule has 5 aromatic carbocycles. The van der Waals surface area contributed by atoms with Crippen molar-refractivity contribution in [2.24, 2.45) is 29.0 Å². The minimum absolute atomic E-state index is 0.0121. The molecular weight excluding hydrogens is 1730 g/mol. The van der Waals surface area contributed by atoms with E-state index in [1.165, 1.54) is 26.0 Å². The van der Waals surface area contributed by atoms with Crippen molar-refractivity contribution < 1.29 is 82.4 Å². The number of guanidine groups is 3. The highest BCUT2D eigenvalue weighted by Crippen LogP contribution is 2.45. The highest BCUT2D eigenvalue weighted by atomic mass is 32.1. The SMILES string of the molecule is N=C(N)NCCC[C@H](NC(=O)[C@@H]1C[C@@H]2CCCC[C@@H]2N1C(=O)C1Cc2ccccc2CN1C(=O)[C@H](CO)NC(=O)[C@H](Cc1cccs1)NC(=O)CNC(=O)[C@@H]1C[C@@H](O)CN1C(=O)[C@@H]1CCCN1C(=O)[C@H](CCCNC(=N)N)NC(=O)[C@@H](CCCNC(=N)N)NC(=O)[C@H](CCNC(=O)OCC1c2ccccc2-c2ccccc21)NC(=O)C(Cc1ccccc1)Cc1ccccc1)C(=O)O. The first-order valence-corrected chi connectivity index (χ1v) is 46.3. The van der Waals surface area contributed by atoms with Crippen LogP contribution in [0.2, 0.25) is 0 Å². The van der Waals surface area contributed by atoms with Crippen LogP contribution < -0.4 is 75.7 Å². The number of nitrogens with zero attached hydrogens (tertiary/aromatic N) is 4. The summed E-state index contributed by atoms with van der Waals surface area (Å²) in [5, 5.41) is 87.2. The zero-order valence-corrected chi connectivity index (χ0v) is 74.9. The Balaban J connectivity index is 0.713. The number of aliphatic carboxylic acids is 1. The Hall–Kier alpha value is -13.6. The predicted molar refractivity (Wildman–Crippen MR) is 493 cm³/mol. The lowest BCUT2D eigenvalue weighted by Crippen LogP contribution is -2.63. The molecule has 0 bridgehead atoms. The fourth-order valence-electron chi connectivity index (χ4n) is 18.9. The normalized spacial score (nSPS) is 19.5. The molecule has 2 aliphatic carbocycles. The van der Waals surface area contributed by atoms with Crippen LogP contribution in [0.5, 0.6) is 0 Å². The van der Waals surface area contributed by atoms with Crippen LogP contribution in [-0.4, -0.2) is 261 Å². The van der Waals surface area contributed by atoms with Gasteiger partial charge in [-0.15, -0.1) is 11.3 Å². The van der Waals surface area contributed by atoms with Crippen LogP contribution in [0.4, 0.5) is 4.79 Å². The standard InChI is InChI=1S/C94H121N21O17S/c95-91(96)101-38-15-32-68(108-82(121)69(107-80(119)60(44-55-20-3-1-4-21-55)45-56-22-5-2-6-23-56)37-41-104-94(131)132-54-67-65-30-12-10-28-63(65)64-29-11-13-31-66(64)67)81(120)109-70(33-16-39-102-92(97)98)86(125)112-42-18-36-75(112)88(127)114-52-61(117)48-76(114)84(123)105-50-79(118)106-72(49-62-27-19-43-133-62)83(122)111-73(53-116)87(126)113-51-59-26-8-7-24-57(59)46-78(113)89(128)115-74-35-14-9-25-58(74)47-77(115)85(124)110-71(90(129)130)34-17-40-103-93(99)100/h1-8,10-13,19-24,26-31,43,58,60-61,67-78,116-117H,9,14-18,25,32-42,44-54H2,(H,104,131)(H,105,123)(H,106,118)(H,107,119)(H,108,121)(H,109,120)(H,110,124)(H,111,122)(H,129,130)(H4,95,96,101)(H4,97,98,102)(H4,99,100,103)/t58-,61+,68+,69-,70-,71-,72-,73-,74-,75-,76-,77-,78?/m0/s1. The first-order valence-electron chi connectivity index (χ1n) is 45.4. The van der Waals surface area contributed by atoms with Gasteiger partial charge in [0.25, 0.3) is 0 Å². The Morgan fingerprint density at radius 3 is 1.64 bits per heavy atom. The van der Waals surface area contributed by atoms with E-state index in [4.69, 9.17) is 38.2 Å². The van der Waals surface area contributed by atoms with Gasteiger partial charge in [-0.2, -0.15) is 0 Å². The van der Waals surface area contributed by atoms with Gasteiger partial charge in [0.2, 0.25) is 65.0 Å². The van der Waals surface area contributed by atoms with Crippen molar-refractivity contribution in [3.63, 3.8) is 0 Å². The largest absolute Gasteiger partial charge is 0.480 e. The number of carboxylic acid groups (broad SMARTS) is 1. The average Bonchev–Trinajstić information content (AvgIpc) is 1.68. The number of β-amino-alcohol motifs (C(OH)–C–C–N with tert-alkyl or cyclic N) is 1. The van der Waals surface area contributed by atoms with Crippen LogP contribution in [0.3, 0.4) is 0 Å². The molecule has 0 spiro atoms. The average molecular weight is 1850 g/mol. The molecule has 1 aromatic heterocycles. The number of hydrogen-bond donors (Lipinski definition) is 20. The number of alkyl carbamates (subject to hydrolysis) is 1. The molecule has 6 aliphatic rings. The molecule has 5 heterocycles. The van der Waals surface area contributed by atoms with Crippen molar-refractivity contribution in [3.8, 4) is 11.1 Å². The lowest BCUT2D eigenvalue weighted by molar-refractivity contribution is -0.153. The van der Waals surface area contributed by atoms with Gasteiger partial charge < -0.3 is 115 Å². The number of nitrogens with one attached hydrogen (secondary N) is 14. The van der Waals surface area contributed by atoms with Crippen molar-refractivity contribution in [3.05, 3.63) is 189 Å². The van der Waals surface area contributed by atoms with Crippen LogP contribution in [-0.2, 0) is 94.5 Å². The van der Waals surface area contributed by atoms with Gasteiger partial charge in [-0.05, 0) is 152 Å². The maximum Gasteiger partial charge on any atom is 0.407 e. The van der Waals surface area contributed by atoms with E-state index < -0.39 is 169 Å². The number of likely N-dealkylation sites (tertiary alicyclic amines) is 3. The van der Waals surface area contributed by atoms with Crippen molar-refractivity contribution in [1.29, 1.82) is 16.2 Å². The third-order valence-corrected chi connectivity index (χ3v) is 26.4. The van der Waals surface area contributed by atoms with E-state index in [0.717, 1.165) is 56.7 Å². The maximum atomic E-state index is 15.5. The van der Waals surface area contributed by atoms with Crippen molar-refractivity contribution in [2.45, 2.75) is 207 Å². The molecule has 12 rings (SSSR count). The number of carbonyl (C=O) groups is 13. The number of ether oxygens (including phenoxy) is 1. The summed E-state index contributed by atoms with van der Waals surface area (Å²) in [6, 6.07) is 30.5. The topological polar surface area (TPSA) is 587 Å². The Morgan fingerprint density at radius 2 is 1.03 bits per heavy atom. The third-order valence-electron chi connectivity index (χ3n) is 25.5. The van der Waals surface area contributed by atoms with Gasteiger partial charge in [0.15, 0.2) is 17.9 Å². The molecule has 38 nitrogen and oxygen atoms in total. The molecule has 23 N–H and O–H groups in total. The number of amides is 12. The van der Waals surface area contributed by atoms with E-state index >= 15 is 28.8 Å². The van der Waals surface area contributed by atoms with Gasteiger partial charge in [-0.1, -0.05) is 152 Å². The summed E-state index contributed by atoms with van der Waals surface area (Å²) in [7, 11) is 0. The van der Waals surface area contributed by atoms with E-state index in [-0.39, 0.29) is 178 Å². The number of fused-ring (bicyclic) bond motifs is 5. The quantitative estimate of drug-likeness (QED) is 0.0146. The first kappa shape index (κ1) is 98.5. The molecule has 13 atom stereocenters. The molecule has 3 saturated heterocycles. The molecule has 12 amide bonds. The number of nitrogens with two attached hydrogens (primary N) is 3. The zero-order chi connectivity index (χ0) is 94.8. The number of carboxylic acids is 1. The van der Waals surface area contributed by atoms with Crippen molar-refractivity contribution in [2.75, 3.05) is 59.0 Å². The van der Waals surface area contributed by atoms with E-state index in [1.807, 2.05) is 115 Å². The molecule has 1 unspecified atom stereocenters. The summed E-state index contributed by atoms with van der Waals surface area (Å²) in [5.41, 5.74) is 23.9. The fraction of sp³-hybridized carbons (Fsp3) is 0.468. The van der Waals surface area contributed by atoms with Gasteiger partial charge in [0.05, 0.1) is 19.3 Å². The second kappa shape index (κ2) is 47.5. The number of rotatable bonds is 43. The molecule has 133 heavy (non-hydrogen) atoms. The maximum absolute atomic E-state index is 15.5. The fourth-order valence-corrected chi connectivity index (χ4v) is 19.7. The van der Waals surface area contributed by atoms with Gasteiger partial charge in [-0.3, -0.25) is 69.0 Å². The smallest absolute Gasteiger partial charge is 0.407 e. The molecule has 710 valence electrons. The minimum Gasteiger partial charge on any atom is -0.480 e. The monoisotopic (exact) mass is 1850 g/mol. The molecular formula is C94H121N21O17S. The summed E-state index contributed by atoms with van der Waals surface area (Å²) in [6.07, 6.45) is 1.31. The highest BCUT2D eigenvalue weighted by Gasteiger charge is 2.53. The predicted octanol–water partition coefficient (Wildman–Crippen LogP) is 1.28. The Morgan fingerprint density at radius 1 is 0.481 bits per heavy atom. The van der Waals surface area contributed by atoms with Crippen LogP contribution >= 0.6 is 11.3 Å². The Labute approximate surface area is 774 Å². The molecule has 4 aliphatic heterocycles. The molecule has 4 fully saturated rings. The molecule has 1 saturated carbocycles. The summed E-state index contributed by atoms with van der Waals surface area (Å²) in [5.74, 6) is -12.1. The first-order chi connectivity index (χ1) is 64.1. The van der Waals surface area contributed by atoms with Crippen LogP contribution in [0.1, 0.15) is 140 Å². The Bertz CT molecular complexity index is 5070. The Kier molecular flexibility index (Phi) is 35.2. The lowest BCUT2D eigenvalue weighted by Gasteiger charge is -2.42. The third kappa shape index (κ3) is 26.4. The number of thiophene rings is 1. The van der Waals surface area contributed by atoms with Gasteiger partial charge in [-0.25, -0.2) is 9.59 Å². The number of carbonyl (C=O) groups excluding carboxylic acids is 12. The van der Waals surface area contributed by atoms with E-state index in [2.05, 4.69) is 58.5 Å². The van der Waals surface area contributed by atoms with Crippen molar-refractivity contribution in [1.82, 2.24) is 78.1 Å². The summed E-state index contributed by atoms with van der Waals surface area (Å²) in [6.45, 7) is -2.29. The highest BCUT2D eigenvalue weighted by molar-refractivity contribution is 7.09. The lowest BCUT2D eigenvalue weighted by atomic mass is 9.84. The summed E-state index contributed by atoms with van der Waals surface area (Å²) in [4.78, 5) is 196.